The van der Waals surface area contributed by atoms with Crippen molar-refractivity contribution in [1.29, 1.82) is 0 Å². The molecule has 1 heterocycles. The van der Waals surface area contributed by atoms with Crippen molar-refractivity contribution >= 4 is 15.9 Å². The Morgan fingerprint density at radius 1 is 1.33 bits per heavy atom. The molecule has 0 saturated heterocycles. The molecule has 5 heteroatoms. The summed E-state index contributed by atoms with van der Waals surface area (Å²) < 4.78 is 16.1. The summed E-state index contributed by atoms with van der Waals surface area (Å²) in [5.41, 5.74) is 3.29. The van der Waals surface area contributed by atoms with Gasteiger partial charge in [0.1, 0.15) is 5.82 Å². The minimum atomic E-state index is -0.227. The highest BCUT2D eigenvalue weighted by Gasteiger charge is 2.17. The molecule has 0 amide bonds. The fourth-order valence-electron chi connectivity index (χ4n) is 2.57. The molecule has 1 unspecified atom stereocenters. The second kappa shape index (κ2) is 7.18. The van der Waals surface area contributed by atoms with Crippen molar-refractivity contribution in [3.8, 4) is 0 Å². The lowest BCUT2D eigenvalue weighted by atomic mass is 10.0. The van der Waals surface area contributed by atoms with Crippen LogP contribution in [-0.2, 0) is 13.0 Å². The molecule has 0 aliphatic heterocycles. The second-order valence-electron chi connectivity index (χ2n) is 5.07. The summed E-state index contributed by atoms with van der Waals surface area (Å²) in [6.45, 7) is 7.88. The van der Waals surface area contributed by atoms with Crippen molar-refractivity contribution in [2.24, 2.45) is 0 Å². The molecule has 1 aromatic carbocycles. The number of halogens is 2. The molecule has 0 aliphatic rings. The van der Waals surface area contributed by atoms with Crippen molar-refractivity contribution < 1.29 is 4.39 Å². The zero-order chi connectivity index (χ0) is 15.4. The summed E-state index contributed by atoms with van der Waals surface area (Å²) in [6, 6.07) is 7.11. The molecule has 3 nitrogen and oxygen atoms in total. The standard InChI is InChI=1S/C16H21BrFN3/c1-4-19-16(14-7-6-12(18)9-15(14)17)10-13-8-11(3)20-21(13)5-2/h6-9,16,19H,4-5,10H2,1-3H3. The van der Waals surface area contributed by atoms with Crippen molar-refractivity contribution in [3.05, 3.63) is 51.5 Å². The first-order chi connectivity index (χ1) is 10.0. The van der Waals surface area contributed by atoms with Crippen molar-refractivity contribution in [1.82, 2.24) is 15.1 Å². The Balaban J connectivity index is 2.30. The minimum absolute atomic E-state index is 0.131. The van der Waals surface area contributed by atoms with Crippen molar-refractivity contribution in [2.75, 3.05) is 6.54 Å². The van der Waals surface area contributed by atoms with Crippen LogP contribution in [0.4, 0.5) is 4.39 Å². The van der Waals surface area contributed by atoms with E-state index in [9.17, 15) is 4.39 Å². The molecule has 0 spiro atoms. The number of hydrogen-bond acceptors (Lipinski definition) is 2. The van der Waals surface area contributed by atoms with Gasteiger partial charge in [-0.2, -0.15) is 5.10 Å². The van der Waals surface area contributed by atoms with Crippen LogP contribution < -0.4 is 5.32 Å². The SMILES string of the molecule is CCNC(Cc1cc(C)nn1CC)c1ccc(F)cc1Br. The number of aryl methyl sites for hydroxylation is 2. The molecule has 0 aliphatic carbocycles. The Bertz CT molecular complexity index is 610. The first-order valence-corrected chi connectivity index (χ1v) is 8.06. The van der Waals surface area contributed by atoms with E-state index in [2.05, 4.69) is 46.3 Å². The van der Waals surface area contributed by atoms with Gasteiger partial charge >= 0.3 is 0 Å². The van der Waals surface area contributed by atoms with Gasteiger partial charge in [-0.05, 0) is 44.2 Å². The van der Waals surface area contributed by atoms with Crippen LogP contribution in [0.1, 0.15) is 36.8 Å². The van der Waals surface area contributed by atoms with E-state index in [1.54, 1.807) is 0 Å². The van der Waals surface area contributed by atoms with E-state index in [0.717, 1.165) is 35.2 Å². The number of benzene rings is 1. The van der Waals surface area contributed by atoms with Gasteiger partial charge in [0.25, 0.3) is 0 Å². The zero-order valence-electron chi connectivity index (χ0n) is 12.7. The Labute approximate surface area is 133 Å². The van der Waals surface area contributed by atoms with E-state index in [0.29, 0.717) is 0 Å². The van der Waals surface area contributed by atoms with Gasteiger partial charge in [0.2, 0.25) is 0 Å². The van der Waals surface area contributed by atoms with Crippen LogP contribution in [0.3, 0.4) is 0 Å². The van der Waals surface area contributed by atoms with Gasteiger partial charge < -0.3 is 5.32 Å². The van der Waals surface area contributed by atoms with Gasteiger partial charge in [-0.1, -0.05) is 28.9 Å². The molecule has 0 saturated carbocycles. The number of rotatable bonds is 6. The Kier molecular flexibility index (Phi) is 5.53. The summed E-state index contributed by atoms with van der Waals surface area (Å²) in [5.74, 6) is -0.227. The molecule has 2 rings (SSSR count). The quantitative estimate of drug-likeness (QED) is 0.850. The van der Waals surface area contributed by atoms with E-state index >= 15 is 0 Å². The fraction of sp³-hybridized carbons (Fsp3) is 0.438. The first kappa shape index (κ1) is 16.2. The molecule has 2 aromatic rings. The molecule has 0 radical (unpaired) electrons. The van der Waals surface area contributed by atoms with E-state index in [4.69, 9.17) is 0 Å². The topological polar surface area (TPSA) is 29.9 Å². The normalized spacial score (nSPS) is 12.6. The highest BCUT2D eigenvalue weighted by atomic mass is 79.9. The number of nitrogens with one attached hydrogen (secondary N) is 1. The average Bonchev–Trinajstić information content (AvgIpc) is 2.78. The Morgan fingerprint density at radius 3 is 2.71 bits per heavy atom. The van der Waals surface area contributed by atoms with Crippen LogP contribution in [0.25, 0.3) is 0 Å². The molecule has 1 aromatic heterocycles. The summed E-state index contributed by atoms with van der Waals surface area (Å²) in [6.07, 6.45) is 0.826. The number of hydrogen-bond donors (Lipinski definition) is 1. The van der Waals surface area contributed by atoms with Gasteiger partial charge in [-0.25, -0.2) is 4.39 Å². The van der Waals surface area contributed by atoms with Gasteiger partial charge in [0.05, 0.1) is 5.69 Å². The molecular weight excluding hydrogens is 333 g/mol. The monoisotopic (exact) mass is 353 g/mol. The predicted octanol–water partition coefficient (Wildman–Crippen LogP) is 4.01. The maximum Gasteiger partial charge on any atom is 0.124 e. The fourth-order valence-corrected chi connectivity index (χ4v) is 3.20. The third-order valence-electron chi connectivity index (χ3n) is 3.49. The molecule has 1 N–H and O–H groups in total. The molecule has 1 atom stereocenters. The summed E-state index contributed by atoms with van der Waals surface area (Å²) in [4.78, 5) is 0. The van der Waals surface area contributed by atoms with E-state index in [-0.39, 0.29) is 11.9 Å². The third kappa shape index (κ3) is 3.92. The lowest BCUT2D eigenvalue weighted by Gasteiger charge is -2.20. The minimum Gasteiger partial charge on any atom is -0.310 e. The maximum atomic E-state index is 13.3. The molecule has 114 valence electrons. The van der Waals surface area contributed by atoms with Gasteiger partial charge in [-0.3, -0.25) is 4.68 Å². The zero-order valence-corrected chi connectivity index (χ0v) is 14.2. The number of aromatic nitrogens is 2. The lowest BCUT2D eigenvalue weighted by molar-refractivity contribution is 0.513. The van der Waals surface area contributed by atoms with Crippen LogP contribution in [0, 0.1) is 12.7 Å². The summed E-state index contributed by atoms with van der Waals surface area (Å²) >= 11 is 3.47. The van der Waals surface area contributed by atoms with Gasteiger partial charge in [0.15, 0.2) is 0 Å². The highest BCUT2D eigenvalue weighted by molar-refractivity contribution is 9.10. The third-order valence-corrected chi connectivity index (χ3v) is 4.17. The Hall–Kier alpha value is -1.20. The molecule has 0 fully saturated rings. The first-order valence-electron chi connectivity index (χ1n) is 7.26. The maximum absolute atomic E-state index is 13.3. The van der Waals surface area contributed by atoms with Crippen LogP contribution in [0.15, 0.2) is 28.7 Å². The van der Waals surface area contributed by atoms with E-state index < -0.39 is 0 Å². The summed E-state index contributed by atoms with van der Waals surface area (Å²) in [5, 5.41) is 7.96. The summed E-state index contributed by atoms with van der Waals surface area (Å²) in [7, 11) is 0. The van der Waals surface area contributed by atoms with E-state index in [1.165, 1.54) is 17.8 Å². The highest BCUT2D eigenvalue weighted by Crippen LogP contribution is 2.27. The number of nitrogens with zero attached hydrogens (tertiary/aromatic N) is 2. The Morgan fingerprint density at radius 2 is 2.10 bits per heavy atom. The van der Waals surface area contributed by atoms with E-state index in [1.807, 2.05) is 17.7 Å². The van der Waals surface area contributed by atoms with Crippen LogP contribution in [-0.4, -0.2) is 16.3 Å². The van der Waals surface area contributed by atoms with Crippen molar-refractivity contribution in [3.63, 3.8) is 0 Å². The lowest BCUT2D eigenvalue weighted by Crippen LogP contribution is -2.24. The second-order valence-corrected chi connectivity index (χ2v) is 5.93. The molecule has 0 bridgehead atoms. The van der Waals surface area contributed by atoms with Crippen molar-refractivity contribution in [2.45, 2.75) is 39.8 Å². The smallest absolute Gasteiger partial charge is 0.124 e. The van der Waals surface area contributed by atoms with Crippen LogP contribution >= 0.6 is 15.9 Å². The van der Waals surface area contributed by atoms with Gasteiger partial charge in [0, 0.05) is 29.2 Å². The number of likely N-dealkylation sites (N-methyl/N-ethyl adjacent to an activating group) is 1. The predicted molar refractivity (Wildman–Crippen MR) is 86.9 cm³/mol. The van der Waals surface area contributed by atoms with Crippen LogP contribution in [0.2, 0.25) is 0 Å². The van der Waals surface area contributed by atoms with Gasteiger partial charge in [-0.15, -0.1) is 0 Å². The average molecular weight is 354 g/mol. The molecular formula is C16H21BrFN3. The largest absolute Gasteiger partial charge is 0.310 e. The molecule has 21 heavy (non-hydrogen) atoms. The van der Waals surface area contributed by atoms with Crippen LogP contribution in [0.5, 0.6) is 0 Å².